The first-order chi connectivity index (χ1) is 11.7. The molecule has 20 heavy (non-hydrogen) atoms. The van der Waals surface area contributed by atoms with Crippen molar-refractivity contribution in [3.05, 3.63) is 34.9 Å². The van der Waals surface area contributed by atoms with Gasteiger partial charge in [0.2, 0.25) is 0 Å². The number of hydrogen-bond acceptors (Lipinski definition) is 1. The van der Waals surface area contributed by atoms with Gasteiger partial charge in [-0.1, -0.05) is 50.3 Å². The van der Waals surface area contributed by atoms with E-state index < -0.39 is 19.1 Å². The summed E-state index contributed by atoms with van der Waals surface area (Å²) in [6.07, 6.45) is 0.591. The number of benzene rings is 1. The predicted molar refractivity (Wildman–Crippen MR) is 88.5 cm³/mol. The molecule has 2 unspecified atom stereocenters. The summed E-state index contributed by atoms with van der Waals surface area (Å²) in [5.41, 5.74) is 0.799. The second-order valence-corrected chi connectivity index (χ2v) is 6.37. The van der Waals surface area contributed by atoms with Crippen molar-refractivity contribution in [3.8, 4) is 0 Å². The maximum Gasteiger partial charge on any atom is 0.0406 e. The van der Waals surface area contributed by atoms with Crippen LogP contribution in [-0.2, 0) is 5.41 Å². The third-order valence-electron chi connectivity index (χ3n) is 4.63. The molecule has 112 valence electrons. The highest BCUT2D eigenvalue weighted by atomic mass is 35.5. The number of nitrogens with zero attached hydrogens (tertiary/aromatic N) is 1. The molecule has 2 rings (SSSR count). The van der Waals surface area contributed by atoms with Crippen LogP contribution in [0.4, 0.5) is 0 Å². The van der Waals surface area contributed by atoms with Crippen LogP contribution < -0.4 is 0 Å². The summed E-state index contributed by atoms with van der Waals surface area (Å²) >= 11 is 6.03. The van der Waals surface area contributed by atoms with Crippen LogP contribution in [0.25, 0.3) is 0 Å². The Morgan fingerprint density at radius 3 is 2.45 bits per heavy atom. The second kappa shape index (κ2) is 6.49. The number of hydrogen-bond donors (Lipinski definition) is 0. The van der Waals surface area contributed by atoms with Crippen molar-refractivity contribution in [2.75, 3.05) is 14.1 Å². The third kappa shape index (κ3) is 3.04. The van der Waals surface area contributed by atoms with E-state index in [4.69, 9.17) is 19.8 Å². The minimum absolute atomic E-state index is 0.0668. The smallest absolute Gasteiger partial charge is 0.0406 e. The summed E-state index contributed by atoms with van der Waals surface area (Å²) in [6.45, 7) is -1.51. The Labute approximate surface area is 137 Å². The van der Waals surface area contributed by atoms with Crippen LogP contribution in [0.3, 0.4) is 0 Å². The van der Waals surface area contributed by atoms with E-state index in [1.54, 1.807) is 0 Å². The molecule has 1 aromatic carbocycles. The summed E-state index contributed by atoms with van der Waals surface area (Å²) in [6, 6.07) is 7.35. The first-order valence-corrected chi connectivity index (χ1v) is 7.55. The van der Waals surface area contributed by atoms with Gasteiger partial charge in [0.15, 0.2) is 0 Å². The van der Waals surface area contributed by atoms with Crippen LogP contribution in [0.1, 0.15) is 59.6 Å². The summed E-state index contributed by atoms with van der Waals surface area (Å²) < 4.78 is 48.4. The number of rotatable bonds is 6. The highest BCUT2D eigenvalue weighted by Gasteiger charge is 2.46. The molecule has 0 N–H and O–H groups in total. The minimum atomic E-state index is -2.72. The Morgan fingerprint density at radius 2 is 2.05 bits per heavy atom. The first-order valence-electron chi connectivity index (χ1n) is 10.2. The molecule has 1 aromatic rings. The molecule has 0 spiro atoms. The van der Waals surface area contributed by atoms with Crippen molar-refractivity contribution in [2.45, 2.75) is 57.3 Å². The van der Waals surface area contributed by atoms with Crippen molar-refractivity contribution >= 4 is 11.6 Å². The normalized spacial score (nSPS) is 27.9. The molecule has 0 aliphatic heterocycles. The lowest BCUT2D eigenvalue weighted by Gasteiger charge is -2.51. The van der Waals surface area contributed by atoms with E-state index in [1.165, 1.54) is 6.92 Å². The van der Waals surface area contributed by atoms with Gasteiger partial charge in [0.1, 0.15) is 0 Å². The van der Waals surface area contributed by atoms with Gasteiger partial charge in [-0.3, -0.25) is 0 Å². The molecule has 2 atom stereocenters. The molecule has 0 amide bonds. The molecule has 0 bridgehead atoms. The molecule has 1 nitrogen and oxygen atoms in total. The fourth-order valence-electron chi connectivity index (χ4n) is 3.32. The van der Waals surface area contributed by atoms with Crippen LogP contribution in [-0.4, -0.2) is 25.0 Å². The van der Waals surface area contributed by atoms with Gasteiger partial charge in [-0.15, -0.1) is 0 Å². The zero-order chi connectivity index (χ0) is 20.0. The second-order valence-electron chi connectivity index (χ2n) is 5.93. The van der Waals surface area contributed by atoms with Crippen molar-refractivity contribution in [1.29, 1.82) is 0 Å². The Kier molecular flexibility index (Phi) is 3.08. The van der Waals surface area contributed by atoms with Gasteiger partial charge in [-0.2, -0.15) is 0 Å². The average Bonchev–Trinajstić information content (AvgIpc) is 2.44. The van der Waals surface area contributed by atoms with Crippen molar-refractivity contribution < 1.29 is 8.22 Å². The number of likely N-dealkylation sites (N-methyl/N-ethyl adjacent to an activating group) is 1. The molecule has 0 heterocycles. The van der Waals surface area contributed by atoms with Gasteiger partial charge in [0.05, 0.1) is 0 Å². The largest absolute Gasteiger partial charge is 0.306 e. The maximum absolute atomic E-state index is 8.64. The van der Waals surface area contributed by atoms with Crippen LogP contribution in [0, 0.1) is 5.89 Å². The van der Waals surface area contributed by atoms with E-state index in [0.29, 0.717) is 5.02 Å². The monoisotopic (exact) mass is 299 g/mol. The molecule has 1 aliphatic carbocycles. The van der Waals surface area contributed by atoms with Crippen LogP contribution in [0.5, 0.6) is 0 Å². The molecule has 0 aromatic heterocycles. The van der Waals surface area contributed by atoms with Gasteiger partial charge in [0, 0.05) is 24.7 Å². The van der Waals surface area contributed by atoms with E-state index >= 15 is 0 Å². The molecular weight excluding hydrogens is 266 g/mol. The SMILES string of the molecule is [2H]C([2H])([2H])C([2H])(CC(N(C)C)C1(c2ccc(Cl)cc2)CCC1)C([2H])([2H])C. The lowest BCUT2D eigenvalue weighted by molar-refractivity contribution is 0.0785. The highest BCUT2D eigenvalue weighted by molar-refractivity contribution is 6.30. The fraction of sp³-hybridized carbons (Fsp3) is 0.667. The van der Waals surface area contributed by atoms with Crippen molar-refractivity contribution in [2.24, 2.45) is 5.89 Å². The van der Waals surface area contributed by atoms with Gasteiger partial charge >= 0.3 is 0 Å². The molecule has 1 aliphatic rings. The molecular formula is C18H28ClN. The van der Waals surface area contributed by atoms with Gasteiger partial charge in [-0.25, -0.2) is 0 Å². The third-order valence-corrected chi connectivity index (χ3v) is 4.88. The Bertz CT molecular complexity index is 602. The molecule has 0 saturated heterocycles. The topological polar surface area (TPSA) is 3.24 Å². The highest BCUT2D eigenvalue weighted by Crippen LogP contribution is 2.49. The lowest BCUT2D eigenvalue weighted by atomic mass is 9.58. The van der Waals surface area contributed by atoms with Gasteiger partial charge < -0.3 is 4.90 Å². The van der Waals surface area contributed by atoms with Crippen molar-refractivity contribution in [3.63, 3.8) is 0 Å². The molecule has 1 fully saturated rings. The molecule has 2 heteroatoms. The fourth-order valence-corrected chi connectivity index (χ4v) is 3.45. The summed E-state index contributed by atoms with van der Waals surface area (Å²) in [5, 5.41) is 0.645. The summed E-state index contributed by atoms with van der Waals surface area (Å²) in [7, 11) is 3.76. The Balaban J connectivity index is 2.49. The van der Waals surface area contributed by atoms with Gasteiger partial charge in [-0.05, 0) is 56.9 Å². The van der Waals surface area contributed by atoms with Crippen LogP contribution >= 0.6 is 11.6 Å². The summed E-state index contributed by atoms with van der Waals surface area (Å²) in [5.74, 6) is -2.19. The zero-order valence-corrected chi connectivity index (χ0v) is 13.3. The van der Waals surface area contributed by atoms with Crippen LogP contribution in [0.15, 0.2) is 24.3 Å². The molecule has 0 radical (unpaired) electrons. The molecule has 1 saturated carbocycles. The van der Waals surface area contributed by atoms with E-state index in [2.05, 4.69) is 0 Å². The van der Waals surface area contributed by atoms with Crippen LogP contribution in [0.2, 0.25) is 5.02 Å². The predicted octanol–water partition coefficient (Wildman–Crippen LogP) is 5.13. The van der Waals surface area contributed by atoms with E-state index in [1.807, 2.05) is 43.3 Å². The summed E-state index contributed by atoms with van der Waals surface area (Å²) in [4.78, 5) is 1.95. The van der Waals surface area contributed by atoms with Gasteiger partial charge in [0.25, 0.3) is 0 Å². The lowest BCUT2D eigenvalue weighted by Crippen LogP contribution is -2.52. The zero-order valence-electron chi connectivity index (χ0n) is 18.5. The number of halogens is 1. The standard InChI is InChI=1S/C18H28ClN/c1-5-14(2)13-17(20(3)4)18(11-6-12-18)15-7-9-16(19)10-8-15/h7-10,14,17H,5-6,11-13H2,1-4H3/i2D3,5D2,14D. The maximum atomic E-state index is 8.64. The average molecular weight is 300 g/mol. The Morgan fingerprint density at radius 1 is 1.40 bits per heavy atom. The Hall–Kier alpha value is -0.530. The minimum Gasteiger partial charge on any atom is -0.306 e. The van der Waals surface area contributed by atoms with E-state index in [-0.39, 0.29) is 17.9 Å². The first kappa shape index (κ1) is 9.48. The quantitative estimate of drug-likeness (QED) is 0.704. The van der Waals surface area contributed by atoms with E-state index in [0.717, 1.165) is 24.8 Å². The van der Waals surface area contributed by atoms with Crippen molar-refractivity contribution in [1.82, 2.24) is 4.90 Å². The van der Waals surface area contributed by atoms with E-state index in [9.17, 15) is 0 Å².